The fraction of sp³-hybridized carbons (Fsp3) is 0.812. The van der Waals surface area contributed by atoms with Crippen molar-refractivity contribution in [3.63, 3.8) is 0 Å². The number of carbonyl (C=O) groups excluding carboxylic acids is 1. The molecule has 0 aliphatic heterocycles. The fourth-order valence-corrected chi connectivity index (χ4v) is 3.64. The number of hydrogen-bond acceptors (Lipinski definition) is 1. The lowest BCUT2D eigenvalue weighted by Crippen LogP contribution is -2.09. The van der Waals surface area contributed by atoms with Crippen LogP contribution in [0.2, 0.25) is 0 Å². The molecule has 0 spiro atoms. The highest BCUT2D eigenvalue weighted by molar-refractivity contribution is 5.73. The van der Waals surface area contributed by atoms with Crippen LogP contribution in [0.4, 0.5) is 0 Å². The van der Waals surface area contributed by atoms with Crippen LogP contribution in [0, 0.1) is 17.8 Å². The highest BCUT2D eigenvalue weighted by Gasteiger charge is 2.34. The lowest BCUT2D eigenvalue weighted by molar-refractivity contribution is -0.118. The highest BCUT2D eigenvalue weighted by Crippen LogP contribution is 2.45. The molecule has 2 bridgehead atoms. The average Bonchev–Trinajstić information content (AvgIpc) is 2.94. The number of rotatable bonds is 9. The SMILES string of the molecule is NC(=O)CCCCCCCCC1CC2C=CC1C2. The van der Waals surface area contributed by atoms with E-state index in [0.717, 1.165) is 24.2 Å². The van der Waals surface area contributed by atoms with E-state index >= 15 is 0 Å². The first-order chi connectivity index (χ1) is 8.75. The lowest BCUT2D eigenvalue weighted by Gasteiger charge is -2.17. The Hall–Kier alpha value is -0.790. The van der Waals surface area contributed by atoms with Gasteiger partial charge >= 0.3 is 0 Å². The van der Waals surface area contributed by atoms with E-state index in [1.54, 1.807) is 0 Å². The van der Waals surface area contributed by atoms with Gasteiger partial charge in [-0.3, -0.25) is 4.79 Å². The number of primary amides is 1. The topological polar surface area (TPSA) is 43.1 Å². The standard InChI is InChI=1S/C16H27NO/c17-16(18)8-6-4-2-1-3-5-7-14-11-13-9-10-15(14)12-13/h9-10,13-15H,1-8,11-12H2,(H2,17,18). The predicted molar refractivity (Wildman–Crippen MR) is 75.0 cm³/mol. The molecule has 18 heavy (non-hydrogen) atoms. The Labute approximate surface area is 111 Å². The molecule has 0 heterocycles. The summed E-state index contributed by atoms with van der Waals surface area (Å²) in [5.74, 6) is 2.69. The summed E-state index contributed by atoms with van der Waals surface area (Å²) >= 11 is 0. The van der Waals surface area contributed by atoms with Crippen molar-refractivity contribution in [2.24, 2.45) is 23.5 Å². The molecule has 3 unspecified atom stereocenters. The van der Waals surface area contributed by atoms with Crippen LogP contribution in [-0.4, -0.2) is 5.91 Å². The van der Waals surface area contributed by atoms with Gasteiger partial charge in [-0.15, -0.1) is 0 Å². The molecule has 0 aromatic rings. The van der Waals surface area contributed by atoms with Crippen molar-refractivity contribution in [3.8, 4) is 0 Å². The summed E-state index contributed by atoms with van der Waals surface area (Å²) in [6, 6.07) is 0. The molecule has 2 aliphatic carbocycles. The van der Waals surface area contributed by atoms with Crippen LogP contribution >= 0.6 is 0 Å². The minimum absolute atomic E-state index is 0.153. The molecule has 2 N–H and O–H groups in total. The second-order valence-corrected chi connectivity index (χ2v) is 6.17. The van der Waals surface area contributed by atoms with Crippen molar-refractivity contribution in [3.05, 3.63) is 12.2 Å². The van der Waals surface area contributed by atoms with E-state index in [4.69, 9.17) is 5.73 Å². The van der Waals surface area contributed by atoms with Crippen LogP contribution < -0.4 is 5.73 Å². The molecule has 0 aromatic heterocycles. The van der Waals surface area contributed by atoms with Gasteiger partial charge in [0.2, 0.25) is 5.91 Å². The maximum atomic E-state index is 10.6. The number of unbranched alkanes of at least 4 members (excludes halogenated alkanes) is 5. The smallest absolute Gasteiger partial charge is 0.217 e. The van der Waals surface area contributed by atoms with E-state index in [2.05, 4.69) is 12.2 Å². The number of nitrogens with two attached hydrogens (primary N) is 1. The molecule has 0 saturated heterocycles. The Balaban J connectivity index is 1.40. The van der Waals surface area contributed by atoms with E-state index in [9.17, 15) is 4.79 Å². The molecule has 2 rings (SSSR count). The predicted octanol–water partition coefficient (Wildman–Crippen LogP) is 3.80. The first kappa shape index (κ1) is 13.6. The van der Waals surface area contributed by atoms with E-state index in [1.165, 1.54) is 51.4 Å². The first-order valence-corrected chi connectivity index (χ1v) is 7.72. The van der Waals surface area contributed by atoms with Crippen LogP contribution in [0.25, 0.3) is 0 Å². The Morgan fingerprint density at radius 3 is 2.33 bits per heavy atom. The lowest BCUT2D eigenvalue weighted by atomic mass is 9.88. The maximum Gasteiger partial charge on any atom is 0.217 e. The van der Waals surface area contributed by atoms with Crippen LogP contribution in [0.5, 0.6) is 0 Å². The van der Waals surface area contributed by atoms with Gasteiger partial charge in [0.25, 0.3) is 0 Å². The first-order valence-electron chi connectivity index (χ1n) is 7.72. The zero-order chi connectivity index (χ0) is 12.8. The summed E-state index contributed by atoms with van der Waals surface area (Å²) in [5, 5.41) is 0. The van der Waals surface area contributed by atoms with Gasteiger partial charge in [0, 0.05) is 6.42 Å². The maximum absolute atomic E-state index is 10.6. The molecule has 2 heteroatoms. The second-order valence-electron chi connectivity index (χ2n) is 6.17. The monoisotopic (exact) mass is 249 g/mol. The molecule has 1 amide bonds. The third-order valence-electron chi connectivity index (χ3n) is 4.66. The summed E-state index contributed by atoms with van der Waals surface area (Å²) in [6.45, 7) is 0. The van der Waals surface area contributed by atoms with Gasteiger partial charge in [0.1, 0.15) is 0 Å². The fourth-order valence-electron chi connectivity index (χ4n) is 3.64. The van der Waals surface area contributed by atoms with Crippen LogP contribution in [0.3, 0.4) is 0 Å². The Morgan fingerprint density at radius 1 is 1.00 bits per heavy atom. The van der Waals surface area contributed by atoms with Gasteiger partial charge in [0.15, 0.2) is 0 Å². The minimum atomic E-state index is -0.153. The average molecular weight is 249 g/mol. The number of fused-ring (bicyclic) bond motifs is 2. The molecule has 1 fully saturated rings. The van der Waals surface area contributed by atoms with Crippen molar-refractivity contribution in [2.75, 3.05) is 0 Å². The summed E-state index contributed by atoms with van der Waals surface area (Å²) in [4.78, 5) is 10.6. The third kappa shape index (κ3) is 4.15. The van der Waals surface area contributed by atoms with E-state index in [-0.39, 0.29) is 5.91 Å². The molecule has 102 valence electrons. The van der Waals surface area contributed by atoms with Gasteiger partial charge in [-0.2, -0.15) is 0 Å². The van der Waals surface area contributed by atoms with Gasteiger partial charge in [-0.05, 0) is 43.4 Å². The van der Waals surface area contributed by atoms with Crippen molar-refractivity contribution in [1.29, 1.82) is 0 Å². The van der Waals surface area contributed by atoms with Crippen LogP contribution in [0.1, 0.15) is 64.2 Å². The molecular formula is C16H27NO. The molecule has 1 saturated carbocycles. The zero-order valence-corrected chi connectivity index (χ0v) is 11.4. The minimum Gasteiger partial charge on any atom is -0.370 e. The number of allylic oxidation sites excluding steroid dienone is 2. The molecule has 0 radical (unpaired) electrons. The largest absolute Gasteiger partial charge is 0.370 e. The Morgan fingerprint density at radius 2 is 1.72 bits per heavy atom. The van der Waals surface area contributed by atoms with Gasteiger partial charge < -0.3 is 5.73 Å². The van der Waals surface area contributed by atoms with Gasteiger partial charge in [0.05, 0.1) is 0 Å². The van der Waals surface area contributed by atoms with Crippen molar-refractivity contribution in [1.82, 2.24) is 0 Å². The highest BCUT2D eigenvalue weighted by atomic mass is 16.1. The van der Waals surface area contributed by atoms with Crippen molar-refractivity contribution in [2.45, 2.75) is 64.2 Å². The van der Waals surface area contributed by atoms with Crippen LogP contribution in [-0.2, 0) is 4.79 Å². The quantitative estimate of drug-likeness (QED) is 0.490. The Kier molecular flexibility index (Phi) is 5.27. The molecule has 2 nitrogen and oxygen atoms in total. The zero-order valence-electron chi connectivity index (χ0n) is 11.4. The van der Waals surface area contributed by atoms with Crippen molar-refractivity contribution >= 4 is 5.91 Å². The third-order valence-corrected chi connectivity index (χ3v) is 4.66. The van der Waals surface area contributed by atoms with E-state index < -0.39 is 0 Å². The van der Waals surface area contributed by atoms with E-state index in [0.29, 0.717) is 6.42 Å². The summed E-state index contributed by atoms with van der Waals surface area (Å²) in [5.41, 5.74) is 5.11. The number of amides is 1. The van der Waals surface area contributed by atoms with E-state index in [1.807, 2.05) is 0 Å². The van der Waals surface area contributed by atoms with Crippen molar-refractivity contribution < 1.29 is 4.79 Å². The Bertz CT molecular complexity index is 297. The summed E-state index contributed by atoms with van der Waals surface area (Å²) in [7, 11) is 0. The van der Waals surface area contributed by atoms with Gasteiger partial charge in [-0.1, -0.05) is 44.3 Å². The van der Waals surface area contributed by atoms with Gasteiger partial charge in [-0.25, -0.2) is 0 Å². The second kappa shape index (κ2) is 6.96. The summed E-state index contributed by atoms with van der Waals surface area (Å²) < 4.78 is 0. The number of hydrogen-bond donors (Lipinski definition) is 1. The van der Waals surface area contributed by atoms with Crippen LogP contribution in [0.15, 0.2) is 12.2 Å². The molecule has 0 aromatic carbocycles. The normalized spacial score (nSPS) is 29.0. The molecular weight excluding hydrogens is 222 g/mol. The summed E-state index contributed by atoms with van der Waals surface area (Å²) in [6.07, 6.45) is 17.3. The number of carbonyl (C=O) groups is 1. The molecule has 3 atom stereocenters. The molecule has 2 aliphatic rings.